The topological polar surface area (TPSA) is 397 Å². The first-order valence-corrected chi connectivity index (χ1v) is 28.4. The van der Waals surface area contributed by atoms with E-state index in [1.807, 2.05) is 0 Å². The Morgan fingerprint density at radius 1 is 0.802 bits per heavy atom. The van der Waals surface area contributed by atoms with E-state index in [4.69, 9.17) is 5.73 Å². The number of β-amino-alcohol motifs (C(OH)–C–C–N with tert-alkyl or cyclic N) is 1. The van der Waals surface area contributed by atoms with Gasteiger partial charge >= 0.3 is 5.97 Å². The Bertz CT molecular complexity index is 2340. The standard InChI is InChI=1S/C56H88N8O17/c1-6-31(2)23-32(3)15-11-9-7-8-10-12-17-45(73)59-38-26-36(66)29-58-54(78)50-41(69)21-22-63(50)56(80)49(43(71)28-44(57)72)62-53(77)48(42(70)25-34-19-20-40(68)35(24-34)16-13-14-18-46(74)81-5)61-52(76)39-27-37(67)30-64(39)55(79)47(33(4)65)60-51(38)75/h14,18-20,24,31-33,36-39,41-43,47-50,65-71H,6-13,15-17,21-23,25-30H2,1-5H3,(H2,57,72)(H,58,78)(H,59,73)(H,60,75)(H,61,76)(H,62,77)/b18-14+/t31?,32?,33-,36-,37-,38-,39+,41+,42+,43+,47+,48+,49+,50+/m1/s1. The summed E-state index contributed by atoms with van der Waals surface area (Å²) >= 11 is 0. The largest absolute Gasteiger partial charge is 0.508 e. The fraction of sp³-hybridized carbons (Fsp3) is 0.696. The number of hydrogen-bond acceptors (Lipinski definition) is 17. The average molecular weight is 1150 g/mol. The first-order chi connectivity index (χ1) is 38.3. The predicted molar refractivity (Wildman–Crippen MR) is 293 cm³/mol. The van der Waals surface area contributed by atoms with E-state index in [0.717, 1.165) is 61.7 Å². The van der Waals surface area contributed by atoms with Crippen LogP contribution in [0.3, 0.4) is 0 Å². The Labute approximate surface area is 473 Å². The Hall–Kier alpha value is -6.25. The van der Waals surface area contributed by atoms with Crippen molar-refractivity contribution in [3.05, 3.63) is 41.5 Å². The van der Waals surface area contributed by atoms with E-state index in [-0.39, 0.29) is 38.0 Å². The van der Waals surface area contributed by atoms with Gasteiger partial charge in [-0.25, -0.2) is 4.79 Å². The number of carbonyl (C=O) groups is 9. The van der Waals surface area contributed by atoms with Crippen LogP contribution in [0.25, 0.3) is 0 Å². The van der Waals surface area contributed by atoms with E-state index in [1.165, 1.54) is 43.9 Å². The molecule has 14 atom stereocenters. The molecule has 14 N–H and O–H groups in total. The molecule has 3 fully saturated rings. The molecule has 454 valence electrons. The van der Waals surface area contributed by atoms with E-state index in [2.05, 4.69) is 52.1 Å². The SMILES string of the molecule is CCC(C)CC(C)CCCCCCCCC(=O)N[C@@H]1C[C@@H](O)CNC(=O)[C@@H]2[C@@H](O)CCN2C(=O)[C@H]([C@@H](O)CC(N)=O)NC(=O)[C@H]([C@@H](O)Cc2ccc(O)c(CC/C=C/C(=O)OC)c2)NC(=O)[C@@H]2C[C@@H](O)CN2C(=O)[C@H]([C@@H](C)O)NC1=O. The summed E-state index contributed by atoms with van der Waals surface area (Å²) in [4.78, 5) is 125. The van der Waals surface area contributed by atoms with Gasteiger partial charge in [-0.05, 0) is 68.1 Å². The Kier molecular flexibility index (Phi) is 27.4. The lowest BCUT2D eigenvalue weighted by atomic mass is 9.91. The van der Waals surface area contributed by atoms with Gasteiger partial charge in [-0.1, -0.05) is 83.9 Å². The molecule has 0 aromatic heterocycles. The van der Waals surface area contributed by atoms with Crippen molar-refractivity contribution in [1.82, 2.24) is 36.4 Å². The number of rotatable bonds is 24. The maximum Gasteiger partial charge on any atom is 0.330 e. The number of amides is 8. The van der Waals surface area contributed by atoms with Gasteiger partial charge in [0.15, 0.2) is 0 Å². The van der Waals surface area contributed by atoms with Gasteiger partial charge in [0.25, 0.3) is 0 Å². The first-order valence-electron chi connectivity index (χ1n) is 28.4. The lowest BCUT2D eigenvalue weighted by Crippen LogP contribution is -2.64. The molecule has 3 saturated heterocycles. The highest BCUT2D eigenvalue weighted by Gasteiger charge is 2.48. The number of methoxy groups -OCH3 is 1. The van der Waals surface area contributed by atoms with Gasteiger partial charge in [-0.2, -0.15) is 0 Å². The number of phenols is 1. The number of esters is 1. The van der Waals surface area contributed by atoms with Gasteiger partial charge < -0.3 is 82.6 Å². The molecule has 0 aliphatic carbocycles. The van der Waals surface area contributed by atoms with Crippen molar-refractivity contribution >= 4 is 53.2 Å². The fourth-order valence-electron chi connectivity index (χ4n) is 10.6. The minimum atomic E-state index is -2.15. The minimum absolute atomic E-state index is 0.0110. The van der Waals surface area contributed by atoms with Crippen LogP contribution in [0.5, 0.6) is 5.75 Å². The highest BCUT2D eigenvalue weighted by Crippen LogP contribution is 2.26. The zero-order valence-electron chi connectivity index (χ0n) is 47.3. The molecule has 0 saturated carbocycles. The van der Waals surface area contributed by atoms with Crippen LogP contribution in [0, 0.1) is 11.8 Å². The van der Waals surface area contributed by atoms with Crippen LogP contribution in [0.1, 0.15) is 135 Å². The molecule has 25 heteroatoms. The third-order valence-corrected chi connectivity index (χ3v) is 15.3. The average Bonchev–Trinajstić information content (AvgIpc) is 4.07. The quantitative estimate of drug-likeness (QED) is 0.0319. The van der Waals surface area contributed by atoms with Crippen molar-refractivity contribution in [1.29, 1.82) is 0 Å². The summed E-state index contributed by atoms with van der Waals surface area (Å²) in [5.74, 6) is -8.06. The maximum atomic E-state index is 14.6. The number of nitrogens with one attached hydrogen (secondary N) is 5. The Morgan fingerprint density at radius 2 is 1.46 bits per heavy atom. The fourth-order valence-corrected chi connectivity index (χ4v) is 10.6. The number of fused-ring (bicyclic) bond motifs is 2. The van der Waals surface area contributed by atoms with Crippen LogP contribution >= 0.6 is 0 Å². The van der Waals surface area contributed by atoms with Gasteiger partial charge in [-0.3, -0.25) is 38.4 Å². The van der Waals surface area contributed by atoms with Crippen LogP contribution in [-0.2, 0) is 60.7 Å². The van der Waals surface area contributed by atoms with Crippen LogP contribution in [0.4, 0.5) is 0 Å². The normalized spacial score (nSPS) is 26.4. The van der Waals surface area contributed by atoms with Crippen molar-refractivity contribution < 1.29 is 83.6 Å². The van der Waals surface area contributed by atoms with Gasteiger partial charge in [0.1, 0.15) is 42.0 Å². The van der Waals surface area contributed by atoms with Crippen molar-refractivity contribution in [2.75, 3.05) is 26.7 Å². The van der Waals surface area contributed by atoms with E-state index in [0.29, 0.717) is 29.4 Å². The molecule has 3 heterocycles. The molecule has 0 radical (unpaired) electrons. The Balaban J connectivity index is 1.68. The second-order valence-corrected chi connectivity index (χ2v) is 22.1. The van der Waals surface area contributed by atoms with Gasteiger partial charge in [-0.15, -0.1) is 0 Å². The van der Waals surface area contributed by atoms with Crippen LogP contribution in [0.15, 0.2) is 30.4 Å². The number of allylic oxidation sites excluding steroid dienone is 1. The number of carbonyl (C=O) groups excluding carboxylic acids is 9. The smallest absolute Gasteiger partial charge is 0.330 e. The number of nitrogens with zero attached hydrogens (tertiary/aromatic N) is 2. The third-order valence-electron chi connectivity index (χ3n) is 15.3. The maximum absolute atomic E-state index is 14.6. The van der Waals surface area contributed by atoms with E-state index >= 15 is 0 Å². The lowest BCUT2D eigenvalue weighted by molar-refractivity contribution is -0.147. The number of nitrogens with two attached hydrogens (primary N) is 1. The van der Waals surface area contributed by atoms with Crippen LogP contribution < -0.4 is 32.3 Å². The van der Waals surface area contributed by atoms with Crippen LogP contribution in [-0.4, -0.2) is 198 Å². The van der Waals surface area contributed by atoms with Crippen LogP contribution in [0.2, 0.25) is 0 Å². The number of aryl methyl sites for hydroxylation is 1. The predicted octanol–water partition coefficient (Wildman–Crippen LogP) is -1.49. The molecule has 4 rings (SSSR count). The lowest BCUT2D eigenvalue weighted by Gasteiger charge is -2.33. The summed E-state index contributed by atoms with van der Waals surface area (Å²) in [6, 6.07) is -6.88. The van der Waals surface area contributed by atoms with Crippen molar-refractivity contribution in [3.8, 4) is 5.75 Å². The minimum Gasteiger partial charge on any atom is -0.508 e. The molecule has 3 aliphatic heterocycles. The third kappa shape index (κ3) is 20.9. The molecule has 25 nitrogen and oxygen atoms in total. The second kappa shape index (κ2) is 33.0. The molecule has 2 unspecified atom stereocenters. The molecular formula is C56H88N8O17. The summed E-state index contributed by atoms with van der Waals surface area (Å²) in [6.07, 6.45) is -1.09. The number of hydrogen-bond donors (Lipinski definition) is 13. The number of aromatic hydroxyl groups is 1. The van der Waals surface area contributed by atoms with Gasteiger partial charge in [0, 0.05) is 51.4 Å². The molecule has 81 heavy (non-hydrogen) atoms. The highest BCUT2D eigenvalue weighted by atomic mass is 16.5. The number of ether oxygens (including phenoxy) is 1. The molecule has 1 aromatic rings. The number of phenolic OH excluding ortho intramolecular Hbond substituents is 1. The number of primary amides is 1. The molecule has 3 aliphatic rings. The number of benzene rings is 1. The van der Waals surface area contributed by atoms with Crippen molar-refractivity contribution in [3.63, 3.8) is 0 Å². The van der Waals surface area contributed by atoms with Gasteiger partial charge in [0.05, 0.1) is 50.2 Å². The van der Waals surface area contributed by atoms with E-state index < -0.39 is 165 Å². The first kappa shape index (κ1) is 67.3. The van der Waals surface area contributed by atoms with Gasteiger partial charge in [0.2, 0.25) is 47.3 Å². The molecule has 0 bridgehead atoms. The summed E-state index contributed by atoms with van der Waals surface area (Å²) in [5, 5.41) is 90.4. The molecule has 8 amide bonds. The number of unbranched alkanes of at least 4 members (excludes halogenated alkanes) is 5. The number of aliphatic hydroxyl groups is 6. The summed E-state index contributed by atoms with van der Waals surface area (Å²) < 4.78 is 4.60. The Morgan fingerprint density at radius 3 is 2.12 bits per heavy atom. The van der Waals surface area contributed by atoms with E-state index in [1.54, 1.807) is 0 Å². The summed E-state index contributed by atoms with van der Waals surface area (Å²) in [6.45, 7) is 6.39. The molecule has 0 spiro atoms. The monoisotopic (exact) mass is 1140 g/mol. The van der Waals surface area contributed by atoms with Crippen molar-refractivity contribution in [2.45, 2.75) is 210 Å². The number of aliphatic hydroxyl groups excluding tert-OH is 6. The zero-order chi connectivity index (χ0) is 60.1. The molecular weight excluding hydrogens is 1060 g/mol. The molecule has 1 aromatic carbocycles. The second-order valence-electron chi connectivity index (χ2n) is 22.1. The highest BCUT2D eigenvalue weighted by molar-refractivity contribution is 5.98. The van der Waals surface area contributed by atoms with E-state index in [9.17, 15) is 78.9 Å². The zero-order valence-corrected chi connectivity index (χ0v) is 47.3. The van der Waals surface area contributed by atoms with Crippen molar-refractivity contribution in [2.24, 2.45) is 17.6 Å². The summed E-state index contributed by atoms with van der Waals surface area (Å²) in [7, 11) is 1.20. The summed E-state index contributed by atoms with van der Waals surface area (Å²) in [5.41, 5.74) is 6.04.